The van der Waals surface area contributed by atoms with E-state index >= 15 is 0 Å². The number of pyridine rings is 1. The quantitative estimate of drug-likeness (QED) is 0.196. The molecule has 3 heteroatoms. The van der Waals surface area contributed by atoms with E-state index in [1.165, 1.54) is 0 Å². The van der Waals surface area contributed by atoms with Crippen molar-refractivity contribution in [3.05, 3.63) is 95.0 Å². The summed E-state index contributed by atoms with van der Waals surface area (Å²) in [4.78, 5) is 3.81. The van der Waals surface area contributed by atoms with Crippen LogP contribution in [0.25, 0.3) is 49.2 Å². The van der Waals surface area contributed by atoms with Crippen LogP contribution in [-0.2, 0) is 7.05 Å². The predicted octanol–water partition coefficient (Wildman–Crippen LogP) is 8.57. The van der Waals surface area contributed by atoms with E-state index in [9.17, 15) is 0 Å². The summed E-state index contributed by atoms with van der Waals surface area (Å²) in [6.45, 7) is 12.0. The number of furan rings is 1. The number of fused-ring (bicyclic) bond motifs is 3. The highest BCUT2D eigenvalue weighted by atomic mass is 16.3. The van der Waals surface area contributed by atoms with Gasteiger partial charge in [-0.25, -0.2) is 4.85 Å². The van der Waals surface area contributed by atoms with Crippen LogP contribution in [0.5, 0.6) is 0 Å². The molecule has 0 radical (unpaired) electrons. The number of hydrogen-bond acceptors (Lipinski definition) is 1. The topological polar surface area (TPSA) is 21.4 Å². The van der Waals surface area contributed by atoms with Crippen LogP contribution in [0, 0.1) is 20.4 Å². The van der Waals surface area contributed by atoms with E-state index in [1.807, 2.05) is 42.5 Å². The molecular formula is C32H29N2O+. The molecule has 1 aliphatic rings. The minimum Gasteiger partial charge on any atom is -0.456 e. The molecule has 6 rings (SSSR count). The maximum Gasteiger partial charge on any atom is 0.216 e. The molecule has 3 nitrogen and oxygen atoms in total. The van der Waals surface area contributed by atoms with E-state index in [4.69, 9.17) is 12.4 Å². The zero-order valence-corrected chi connectivity index (χ0v) is 20.5. The maximum absolute atomic E-state index is 9.07. The van der Waals surface area contributed by atoms with Crippen LogP contribution in [0.2, 0.25) is 0 Å². The first-order valence-corrected chi connectivity index (χ1v) is 12.3. The largest absolute Gasteiger partial charge is 0.456 e. The van der Waals surface area contributed by atoms with Crippen LogP contribution in [-0.4, -0.2) is 0 Å². The van der Waals surface area contributed by atoms with E-state index in [0.717, 1.165) is 86.8 Å². The monoisotopic (exact) mass is 458 g/mol. The number of hydrogen-bond donors (Lipinski definition) is 0. The first-order valence-electron chi connectivity index (χ1n) is 12.8. The Labute approximate surface area is 207 Å². The van der Waals surface area contributed by atoms with E-state index in [0.29, 0.717) is 5.69 Å². The molecule has 172 valence electrons. The molecule has 1 saturated carbocycles. The van der Waals surface area contributed by atoms with Crippen molar-refractivity contribution in [2.24, 2.45) is 7.05 Å². The van der Waals surface area contributed by atoms with Crippen LogP contribution < -0.4 is 4.57 Å². The summed E-state index contributed by atoms with van der Waals surface area (Å²) in [6, 6.07) is 22.6. The third-order valence-electron chi connectivity index (χ3n) is 7.69. The lowest BCUT2D eigenvalue weighted by molar-refractivity contribution is -0.667. The molecule has 0 saturated heterocycles. The lowest BCUT2D eigenvalue weighted by atomic mass is 9.94. The summed E-state index contributed by atoms with van der Waals surface area (Å²) in [5.74, 6) is -0.485. The van der Waals surface area contributed by atoms with Crippen molar-refractivity contribution >= 4 is 27.6 Å². The number of aryl methyl sites for hydroxylation is 1. The average Bonchev–Trinajstić information content (AvgIpc) is 3.50. The summed E-state index contributed by atoms with van der Waals surface area (Å²) in [6.07, 6.45) is 4.11. The standard InChI is InChI=1S/C32H29N2O/c1-20-14-15-25-26-16-18-27(33-3)30(23-12-6-5-7-13-23)32(26)35-31(25)29(20)28-19-17-24(21(2)34(28)4)22-10-8-9-11-22/h5-7,12-19,22H,8-11H2,1-2,4H3/q+1/i22D. The number of aromatic nitrogens is 1. The van der Waals surface area contributed by atoms with E-state index in [-0.39, 0.29) is 0 Å². The van der Waals surface area contributed by atoms with Crippen molar-refractivity contribution in [1.29, 1.82) is 0 Å². The van der Waals surface area contributed by atoms with Gasteiger partial charge in [-0.05, 0) is 42.9 Å². The third-order valence-corrected chi connectivity index (χ3v) is 7.69. The van der Waals surface area contributed by atoms with Gasteiger partial charge in [0.1, 0.15) is 18.2 Å². The predicted molar refractivity (Wildman–Crippen MR) is 143 cm³/mol. The minimum atomic E-state index is -0.485. The minimum absolute atomic E-state index is 0.485. The second-order valence-electron chi connectivity index (χ2n) is 9.64. The molecule has 2 heterocycles. The van der Waals surface area contributed by atoms with Crippen molar-refractivity contribution in [3.63, 3.8) is 0 Å². The molecule has 3 aromatic carbocycles. The van der Waals surface area contributed by atoms with Gasteiger partial charge in [-0.1, -0.05) is 67.4 Å². The lowest BCUT2D eigenvalue weighted by Crippen LogP contribution is -2.36. The zero-order chi connectivity index (χ0) is 25.0. The fraction of sp³-hybridized carbons (Fsp3) is 0.250. The molecule has 0 aliphatic heterocycles. The van der Waals surface area contributed by atoms with Crippen LogP contribution in [0.4, 0.5) is 5.69 Å². The molecule has 1 fully saturated rings. The maximum atomic E-state index is 9.07. The molecule has 5 aromatic rings. The van der Waals surface area contributed by atoms with E-state index in [2.05, 4.69) is 54.6 Å². The summed E-state index contributed by atoms with van der Waals surface area (Å²) in [7, 11) is 2.10. The van der Waals surface area contributed by atoms with Gasteiger partial charge in [-0.3, -0.25) is 0 Å². The Morgan fingerprint density at radius 1 is 0.886 bits per heavy atom. The molecule has 0 N–H and O–H groups in total. The zero-order valence-electron chi connectivity index (χ0n) is 21.5. The molecular weight excluding hydrogens is 428 g/mol. The Morgan fingerprint density at radius 3 is 2.29 bits per heavy atom. The fourth-order valence-corrected chi connectivity index (χ4v) is 5.74. The molecule has 1 aliphatic carbocycles. The first-order chi connectivity index (χ1) is 17.4. The van der Waals surface area contributed by atoms with Crippen molar-refractivity contribution in [2.75, 3.05) is 0 Å². The molecule has 35 heavy (non-hydrogen) atoms. The Hall–Kier alpha value is -3.90. The third kappa shape index (κ3) is 3.36. The molecule has 0 bridgehead atoms. The van der Waals surface area contributed by atoms with Crippen LogP contribution in [0.3, 0.4) is 0 Å². The van der Waals surface area contributed by atoms with Gasteiger partial charge in [0.2, 0.25) is 5.69 Å². The highest BCUT2D eigenvalue weighted by Crippen LogP contribution is 2.44. The van der Waals surface area contributed by atoms with Crippen LogP contribution in [0.15, 0.2) is 71.1 Å². The van der Waals surface area contributed by atoms with Gasteiger partial charge in [0.05, 0.1) is 12.1 Å². The fourth-order valence-electron chi connectivity index (χ4n) is 5.74. The molecule has 0 amide bonds. The Kier molecular flexibility index (Phi) is 4.91. The van der Waals surface area contributed by atoms with Crippen molar-refractivity contribution < 1.29 is 10.4 Å². The smallest absolute Gasteiger partial charge is 0.216 e. The van der Waals surface area contributed by atoms with E-state index < -0.39 is 5.89 Å². The van der Waals surface area contributed by atoms with E-state index in [1.54, 1.807) is 0 Å². The summed E-state index contributed by atoms with van der Waals surface area (Å²) >= 11 is 0. The Balaban J connectivity index is 1.63. The first kappa shape index (κ1) is 20.5. The lowest BCUT2D eigenvalue weighted by Gasteiger charge is -2.14. The van der Waals surface area contributed by atoms with Crippen molar-refractivity contribution in [2.45, 2.75) is 45.4 Å². The van der Waals surface area contributed by atoms with Crippen LogP contribution >= 0.6 is 0 Å². The van der Waals surface area contributed by atoms with Crippen molar-refractivity contribution in [3.8, 4) is 22.4 Å². The van der Waals surface area contributed by atoms with Gasteiger partial charge < -0.3 is 4.42 Å². The SMILES string of the molecule is [2H]C1(c2ccc(-c3c(C)ccc4c3oc3c(-c5ccccc5)c([N+]#[C-])ccc34)[n+](C)c2C)CCCC1. The Bertz CT molecular complexity index is 1690. The van der Waals surface area contributed by atoms with Crippen LogP contribution in [0.1, 0.15) is 49.8 Å². The second kappa shape index (κ2) is 8.40. The van der Waals surface area contributed by atoms with Gasteiger partial charge in [-0.15, -0.1) is 0 Å². The molecule has 0 unspecified atom stereocenters. The number of nitrogens with zero attached hydrogens (tertiary/aromatic N) is 2. The highest BCUT2D eigenvalue weighted by Gasteiger charge is 2.27. The highest BCUT2D eigenvalue weighted by molar-refractivity contribution is 6.15. The average molecular weight is 459 g/mol. The molecule has 0 atom stereocenters. The molecule has 0 spiro atoms. The van der Waals surface area contributed by atoms with Gasteiger partial charge in [0.25, 0.3) is 0 Å². The second-order valence-corrected chi connectivity index (χ2v) is 9.64. The van der Waals surface area contributed by atoms with Gasteiger partial charge in [-0.2, -0.15) is 4.57 Å². The number of rotatable bonds is 3. The summed E-state index contributed by atoms with van der Waals surface area (Å²) in [5, 5.41) is 2.07. The summed E-state index contributed by atoms with van der Waals surface area (Å²) < 4.78 is 18.0. The molecule has 2 aromatic heterocycles. The van der Waals surface area contributed by atoms with Crippen molar-refractivity contribution in [1.82, 2.24) is 0 Å². The Morgan fingerprint density at radius 2 is 1.57 bits per heavy atom. The van der Waals surface area contributed by atoms with Gasteiger partial charge in [0, 0.05) is 36.3 Å². The van der Waals surface area contributed by atoms with Gasteiger partial charge >= 0.3 is 0 Å². The van der Waals surface area contributed by atoms with Gasteiger partial charge in [0.15, 0.2) is 11.4 Å². The normalized spacial score (nSPS) is 15.4. The summed E-state index contributed by atoms with van der Waals surface area (Å²) in [5.41, 5.74) is 9.56. The number of benzene rings is 3.